The first kappa shape index (κ1) is 21.0. The van der Waals surface area contributed by atoms with E-state index >= 15 is 0 Å². The maximum absolute atomic E-state index is 11.7. The summed E-state index contributed by atoms with van der Waals surface area (Å²) < 4.78 is 0. The number of nitrogens with zero attached hydrogens (tertiary/aromatic N) is 1. The molecule has 140 valence electrons. The second-order valence-electron chi connectivity index (χ2n) is 5.99. The number of benzene rings is 1. The summed E-state index contributed by atoms with van der Waals surface area (Å²) in [7, 11) is 3.38. The van der Waals surface area contributed by atoms with Gasteiger partial charge in [-0.05, 0) is 38.0 Å². The highest BCUT2D eigenvalue weighted by atomic mass is 16.2. The first-order chi connectivity index (χ1) is 12.5. The number of carbonyl (C=O) groups is 2. The molecule has 0 heterocycles. The van der Waals surface area contributed by atoms with E-state index in [1.165, 1.54) is 4.90 Å². The van der Waals surface area contributed by atoms with E-state index in [-0.39, 0.29) is 5.78 Å². The molecule has 6 heteroatoms. The highest BCUT2D eigenvalue weighted by molar-refractivity contribution is 6.05. The predicted octanol–water partition coefficient (Wildman–Crippen LogP) is 3.33. The molecule has 0 atom stereocenters. The summed E-state index contributed by atoms with van der Waals surface area (Å²) in [5, 5.41) is 15.0. The first-order valence-electron chi connectivity index (χ1n) is 8.41. The fraction of sp³-hybridized carbons (Fsp3) is 0.300. The lowest BCUT2D eigenvalue weighted by Gasteiger charge is -2.25. The Morgan fingerprint density at radius 3 is 2.42 bits per heavy atom. The standard InChI is InChI=1S/C17H20N2O2.C3H7NO/c1-13(8-4-3-7-11-20)18-17-15(12-16(17)21)19-14-9-5-2-6-10-14;1-4(2)3-5/h2,5-11,18-20H,3-4,12H2,1H3;3H,1-2H3/b11-7+,13-8+;. The van der Waals surface area contributed by atoms with E-state index < -0.39 is 0 Å². The zero-order valence-electron chi connectivity index (χ0n) is 15.5. The summed E-state index contributed by atoms with van der Waals surface area (Å²) in [4.78, 5) is 22.6. The molecule has 1 aromatic rings. The Balaban J connectivity index is 0.000000597. The summed E-state index contributed by atoms with van der Waals surface area (Å²) in [5.41, 5.74) is 3.49. The number of allylic oxidation sites excluding steroid dienone is 5. The lowest BCUT2D eigenvalue weighted by atomic mass is 9.98. The Bertz CT molecular complexity index is 677. The molecule has 1 aliphatic rings. The Morgan fingerprint density at radius 1 is 1.23 bits per heavy atom. The van der Waals surface area contributed by atoms with Crippen LogP contribution in [0.25, 0.3) is 0 Å². The molecule has 0 bridgehead atoms. The molecular weight excluding hydrogens is 330 g/mol. The molecule has 0 spiro atoms. The van der Waals surface area contributed by atoms with E-state index in [0.717, 1.165) is 42.6 Å². The number of nitrogens with one attached hydrogen (secondary N) is 2. The average Bonchev–Trinajstić information content (AvgIpc) is 2.64. The van der Waals surface area contributed by atoms with Gasteiger partial charge in [-0.1, -0.05) is 24.3 Å². The number of carbonyl (C=O) groups excluding carboxylic acids is 2. The number of unbranched alkanes of at least 4 members (excludes halogenated alkanes) is 1. The quantitative estimate of drug-likeness (QED) is 0.378. The summed E-state index contributed by atoms with van der Waals surface area (Å²) in [6.45, 7) is 1.93. The van der Waals surface area contributed by atoms with E-state index in [9.17, 15) is 9.59 Å². The number of rotatable bonds is 8. The van der Waals surface area contributed by atoms with Crippen molar-refractivity contribution in [2.24, 2.45) is 0 Å². The van der Waals surface area contributed by atoms with Gasteiger partial charge in [-0.25, -0.2) is 0 Å². The molecule has 1 aliphatic carbocycles. The van der Waals surface area contributed by atoms with Crippen LogP contribution in [-0.2, 0) is 9.59 Å². The van der Waals surface area contributed by atoms with Crippen molar-refractivity contribution in [2.75, 3.05) is 19.4 Å². The maximum Gasteiger partial charge on any atom is 0.209 e. The van der Waals surface area contributed by atoms with E-state index in [1.54, 1.807) is 20.2 Å². The minimum atomic E-state index is 0.122. The van der Waals surface area contributed by atoms with Crippen molar-refractivity contribution >= 4 is 17.9 Å². The van der Waals surface area contributed by atoms with Crippen molar-refractivity contribution in [1.82, 2.24) is 10.2 Å². The molecule has 0 fully saturated rings. The van der Waals surface area contributed by atoms with Crippen LogP contribution >= 0.6 is 0 Å². The second-order valence-corrected chi connectivity index (χ2v) is 5.99. The van der Waals surface area contributed by atoms with Crippen LogP contribution in [0.5, 0.6) is 0 Å². The highest BCUT2D eigenvalue weighted by Gasteiger charge is 2.27. The van der Waals surface area contributed by atoms with Crippen molar-refractivity contribution in [3.63, 3.8) is 0 Å². The number of ketones is 1. The fourth-order valence-electron chi connectivity index (χ4n) is 2.07. The number of amides is 1. The molecule has 0 aromatic heterocycles. The van der Waals surface area contributed by atoms with E-state index in [1.807, 2.05) is 43.3 Å². The first-order valence-corrected chi connectivity index (χ1v) is 8.41. The van der Waals surface area contributed by atoms with Gasteiger partial charge in [-0.3, -0.25) is 9.59 Å². The van der Waals surface area contributed by atoms with Gasteiger partial charge in [0.15, 0.2) is 5.78 Å². The normalized spacial score (nSPS) is 13.7. The minimum absolute atomic E-state index is 0.122. The summed E-state index contributed by atoms with van der Waals surface area (Å²) in [5.74, 6) is 0.122. The lowest BCUT2D eigenvalue weighted by molar-refractivity contribution is -0.117. The van der Waals surface area contributed by atoms with Gasteiger partial charge in [0.2, 0.25) is 6.41 Å². The molecule has 2 rings (SSSR count). The molecule has 3 N–H and O–H groups in total. The van der Waals surface area contributed by atoms with Crippen molar-refractivity contribution in [3.8, 4) is 0 Å². The Hall–Kier alpha value is -3.02. The van der Waals surface area contributed by atoms with Gasteiger partial charge in [-0.2, -0.15) is 0 Å². The molecule has 0 aliphatic heterocycles. The van der Waals surface area contributed by atoms with Crippen molar-refractivity contribution in [3.05, 3.63) is 65.8 Å². The molecule has 1 aromatic carbocycles. The van der Waals surface area contributed by atoms with Crippen molar-refractivity contribution in [1.29, 1.82) is 0 Å². The molecule has 0 saturated carbocycles. The maximum atomic E-state index is 11.7. The number of anilines is 1. The second kappa shape index (κ2) is 11.5. The van der Waals surface area contributed by atoms with Crippen LogP contribution in [0.3, 0.4) is 0 Å². The third-order valence-electron chi connectivity index (χ3n) is 3.41. The third-order valence-corrected chi connectivity index (χ3v) is 3.41. The predicted molar refractivity (Wildman–Crippen MR) is 104 cm³/mol. The van der Waals surface area contributed by atoms with E-state index in [4.69, 9.17) is 5.11 Å². The van der Waals surface area contributed by atoms with Crippen LogP contribution in [0.1, 0.15) is 26.2 Å². The van der Waals surface area contributed by atoms with Crippen molar-refractivity contribution < 1.29 is 14.7 Å². The topological polar surface area (TPSA) is 81.7 Å². The molecule has 0 saturated heterocycles. The van der Waals surface area contributed by atoms with Crippen LogP contribution < -0.4 is 10.6 Å². The Labute approximate surface area is 154 Å². The van der Waals surface area contributed by atoms with Gasteiger partial charge in [0.05, 0.1) is 18.4 Å². The smallest absolute Gasteiger partial charge is 0.209 e. The Kier molecular flexibility index (Phi) is 9.31. The van der Waals surface area contributed by atoms with Gasteiger partial charge >= 0.3 is 0 Å². The van der Waals surface area contributed by atoms with E-state index in [2.05, 4.69) is 10.6 Å². The fourth-order valence-corrected chi connectivity index (χ4v) is 2.07. The molecular formula is C20H27N3O3. The zero-order valence-corrected chi connectivity index (χ0v) is 15.5. The highest BCUT2D eigenvalue weighted by Crippen LogP contribution is 2.24. The third kappa shape index (κ3) is 7.70. The summed E-state index contributed by atoms with van der Waals surface area (Å²) in [6, 6.07) is 9.81. The summed E-state index contributed by atoms with van der Waals surface area (Å²) >= 11 is 0. The van der Waals surface area contributed by atoms with Crippen molar-refractivity contribution in [2.45, 2.75) is 26.2 Å². The largest absolute Gasteiger partial charge is 0.516 e. The lowest BCUT2D eigenvalue weighted by Crippen LogP contribution is -2.32. The van der Waals surface area contributed by atoms with Crippen LogP contribution in [0.2, 0.25) is 0 Å². The molecule has 26 heavy (non-hydrogen) atoms. The number of Topliss-reactive ketones (excluding diaryl/α,β-unsaturated/α-hetero) is 1. The van der Waals surface area contributed by atoms with Gasteiger partial charge in [-0.15, -0.1) is 0 Å². The van der Waals surface area contributed by atoms with Crippen LogP contribution in [0.15, 0.2) is 65.8 Å². The van der Waals surface area contributed by atoms with Crippen LogP contribution in [0, 0.1) is 0 Å². The van der Waals surface area contributed by atoms with Gasteiger partial charge in [0.25, 0.3) is 0 Å². The van der Waals surface area contributed by atoms with Gasteiger partial charge < -0.3 is 20.6 Å². The number of hydrogen-bond donors (Lipinski definition) is 3. The Morgan fingerprint density at radius 2 is 1.88 bits per heavy atom. The number of para-hydroxylation sites is 1. The molecule has 0 radical (unpaired) electrons. The van der Waals surface area contributed by atoms with Gasteiger partial charge in [0.1, 0.15) is 5.70 Å². The zero-order chi connectivity index (χ0) is 19.4. The SMILES string of the molecule is C/C(=C\CC/C=C/O)NC1=C(Nc2ccccc2)CC1=O.CN(C)C=O. The summed E-state index contributed by atoms with van der Waals surface area (Å²) in [6.07, 6.45) is 7.54. The number of aliphatic hydroxyl groups is 1. The van der Waals surface area contributed by atoms with Crippen LogP contribution in [-0.4, -0.2) is 36.3 Å². The van der Waals surface area contributed by atoms with E-state index in [0.29, 0.717) is 12.1 Å². The number of hydrogen-bond acceptors (Lipinski definition) is 5. The molecule has 0 unspecified atom stereocenters. The average molecular weight is 357 g/mol. The molecule has 1 amide bonds. The van der Waals surface area contributed by atoms with Gasteiger partial charge in [0, 0.05) is 25.5 Å². The minimum Gasteiger partial charge on any atom is -0.516 e. The number of aliphatic hydroxyl groups excluding tert-OH is 1. The monoisotopic (exact) mass is 357 g/mol. The van der Waals surface area contributed by atoms with Crippen LogP contribution in [0.4, 0.5) is 5.69 Å². The molecule has 6 nitrogen and oxygen atoms in total.